The number of hydrogen-bond donors (Lipinski definition) is 1. The molecule has 1 aliphatic heterocycles. The topological polar surface area (TPSA) is 119 Å². The molecule has 0 aromatic heterocycles. The summed E-state index contributed by atoms with van der Waals surface area (Å²) in [4.78, 5) is 48.6. The Labute approximate surface area is 192 Å². The van der Waals surface area contributed by atoms with Crippen LogP contribution in [-0.2, 0) is 16.2 Å². The fourth-order valence-electron chi connectivity index (χ4n) is 3.24. The monoisotopic (exact) mass is 461 g/mol. The summed E-state index contributed by atoms with van der Waals surface area (Å²) in [7, 11) is 0. The number of nitro benzene ring substituents is 1. The Morgan fingerprint density at radius 1 is 1.00 bits per heavy atom. The maximum atomic E-state index is 13.7. The highest BCUT2D eigenvalue weighted by atomic mass is 19.1. The van der Waals surface area contributed by atoms with Gasteiger partial charge in [0, 0.05) is 17.7 Å². The number of imide groups is 2. The lowest BCUT2D eigenvalue weighted by molar-refractivity contribution is -0.384. The summed E-state index contributed by atoms with van der Waals surface area (Å²) in [5.41, 5.74) is 0.166. The van der Waals surface area contributed by atoms with Gasteiger partial charge in [0.2, 0.25) is 0 Å². The van der Waals surface area contributed by atoms with Crippen LogP contribution >= 0.6 is 0 Å². The van der Waals surface area contributed by atoms with Gasteiger partial charge in [0.25, 0.3) is 17.5 Å². The zero-order valence-corrected chi connectivity index (χ0v) is 17.4. The van der Waals surface area contributed by atoms with Crippen LogP contribution in [0, 0.1) is 15.9 Å². The first-order valence-corrected chi connectivity index (χ1v) is 9.95. The van der Waals surface area contributed by atoms with E-state index in [1.807, 2.05) is 0 Å². The van der Waals surface area contributed by atoms with Gasteiger partial charge in [-0.1, -0.05) is 36.4 Å². The number of rotatable bonds is 6. The van der Waals surface area contributed by atoms with Crippen molar-refractivity contribution in [3.8, 4) is 5.75 Å². The Kier molecular flexibility index (Phi) is 6.13. The number of anilines is 1. The third-order valence-electron chi connectivity index (χ3n) is 4.94. The highest BCUT2D eigenvalue weighted by molar-refractivity contribution is 6.39. The maximum absolute atomic E-state index is 13.7. The van der Waals surface area contributed by atoms with E-state index in [0.29, 0.717) is 21.8 Å². The van der Waals surface area contributed by atoms with Gasteiger partial charge in [0.05, 0.1) is 10.6 Å². The second-order valence-corrected chi connectivity index (χ2v) is 7.18. The fourth-order valence-corrected chi connectivity index (χ4v) is 3.24. The Morgan fingerprint density at radius 2 is 1.74 bits per heavy atom. The van der Waals surface area contributed by atoms with Crippen LogP contribution in [0.5, 0.6) is 5.75 Å². The van der Waals surface area contributed by atoms with E-state index in [1.54, 1.807) is 42.5 Å². The predicted molar refractivity (Wildman–Crippen MR) is 119 cm³/mol. The Hall–Kier alpha value is -4.86. The zero-order chi connectivity index (χ0) is 24.2. The minimum absolute atomic E-state index is 0.0221. The molecule has 1 N–H and O–H groups in total. The molecule has 0 atom stereocenters. The molecule has 0 unspecified atom stereocenters. The van der Waals surface area contributed by atoms with Crippen LogP contribution in [0.2, 0.25) is 0 Å². The van der Waals surface area contributed by atoms with Gasteiger partial charge in [-0.15, -0.1) is 0 Å². The van der Waals surface area contributed by atoms with Crippen LogP contribution in [0.3, 0.4) is 0 Å². The number of carbonyl (C=O) groups is 3. The second-order valence-electron chi connectivity index (χ2n) is 7.18. The molecular weight excluding hydrogens is 445 g/mol. The molecule has 3 aromatic carbocycles. The number of carbonyl (C=O) groups excluding carboxylic acids is 3. The average Bonchev–Trinajstić information content (AvgIpc) is 2.82. The van der Waals surface area contributed by atoms with Gasteiger partial charge in [-0.3, -0.25) is 25.0 Å². The number of benzene rings is 3. The van der Waals surface area contributed by atoms with E-state index in [0.717, 1.165) is 6.07 Å². The molecule has 0 spiro atoms. The average molecular weight is 461 g/mol. The smallest absolute Gasteiger partial charge is 0.335 e. The number of amides is 4. The van der Waals surface area contributed by atoms with Crippen LogP contribution in [-0.4, -0.2) is 22.8 Å². The van der Waals surface area contributed by atoms with Crippen molar-refractivity contribution in [2.24, 2.45) is 0 Å². The molecule has 0 bridgehead atoms. The van der Waals surface area contributed by atoms with E-state index in [1.165, 1.54) is 30.3 Å². The van der Waals surface area contributed by atoms with Crippen molar-refractivity contribution in [3.63, 3.8) is 0 Å². The Balaban J connectivity index is 1.54. The number of nitrogens with one attached hydrogen (secondary N) is 1. The number of barbiturate groups is 1. The first kappa shape index (κ1) is 22.3. The summed E-state index contributed by atoms with van der Waals surface area (Å²) >= 11 is 0. The summed E-state index contributed by atoms with van der Waals surface area (Å²) in [6.07, 6.45) is 1.29. The van der Waals surface area contributed by atoms with Crippen LogP contribution in [0.25, 0.3) is 6.08 Å². The molecule has 1 aliphatic rings. The number of non-ortho nitro benzene ring substituents is 1. The lowest BCUT2D eigenvalue weighted by Crippen LogP contribution is -2.54. The number of ether oxygens (including phenoxy) is 1. The SMILES string of the molecule is O=C1NC(=O)N(c2cccc([N+](=O)[O-])c2)C(=O)/C1=C\c1ccc(OCc2ccccc2F)cc1. The van der Waals surface area contributed by atoms with Crippen molar-refractivity contribution < 1.29 is 28.4 Å². The Morgan fingerprint density at radius 3 is 2.44 bits per heavy atom. The van der Waals surface area contributed by atoms with Crippen LogP contribution in [0.1, 0.15) is 11.1 Å². The first-order chi connectivity index (χ1) is 16.3. The third kappa shape index (κ3) is 4.65. The zero-order valence-electron chi connectivity index (χ0n) is 17.4. The molecule has 9 nitrogen and oxygen atoms in total. The van der Waals surface area contributed by atoms with Crippen molar-refractivity contribution in [2.45, 2.75) is 6.61 Å². The molecule has 0 radical (unpaired) electrons. The summed E-state index contributed by atoms with van der Waals surface area (Å²) in [5.74, 6) is -1.75. The summed E-state index contributed by atoms with van der Waals surface area (Å²) in [6.45, 7) is 0.0221. The van der Waals surface area contributed by atoms with Gasteiger partial charge in [0.1, 0.15) is 23.7 Å². The van der Waals surface area contributed by atoms with E-state index in [4.69, 9.17) is 4.74 Å². The Bertz CT molecular complexity index is 1340. The van der Waals surface area contributed by atoms with Crippen LogP contribution in [0.4, 0.5) is 20.6 Å². The van der Waals surface area contributed by atoms with Crippen molar-refractivity contribution in [3.05, 3.63) is 105 Å². The number of nitrogens with zero attached hydrogens (tertiary/aromatic N) is 2. The van der Waals surface area contributed by atoms with Gasteiger partial charge < -0.3 is 4.74 Å². The number of halogens is 1. The van der Waals surface area contributed by atoms with E-state index < -0.39 is 22.8 Å². The van der Waals surface area contributed by atoms with Crippen LogP contribution < -0.4 is 15.0 Å². The molecule has 34 heavy (non-hydrogen) atoms. The van der Waals surface area contributed by atoms with Gasteiger partial charge >= 0.3 is 6.03 Å². The van der Waals surface area contributed by atoms with E-state index in [-0.39, 0.29) is 29.4 Å². The lowest BCUT2D eigenvalue weighted by Gasteiger charge is -2.26. The van der Waals surface area contributed by atoms with Crippen molar-refractivity contribution >= 4 is 35.3 Å². The van der Waals surface area contributed by atoms with Crippen molar-refractivity contribution in [1.29, 1.82) is 0 Å². The third-order valence-corrected chi connectivity index (χ3v) is 4.94. The molecular formula is C24H16FN3O6. The van der Waals surface area contributed by atoms with E-state index >= 15 is 0 Å². The molecule has 10 heteroatoms. The molecule has 1 fully saturated rings. The number of urea groups is 1. The second kappa shape index (κ2) is 9.33. The summed E-state index contributed by atoms with van der Waals surface area (Å²) < 4.78 is 19.3. The fraction of sp³-hybridized carbons (Fsp3) is 0.0417. The standard InChI is InChI=1S/C24H16FN3O6/c25-21-7-2-1-4-16(21)14-34-19-10-8-15(9-11-19)12-20-22(29)26-24(31)27(23(20)30)17-5-3-6-18(13-17)28(32)33/h1-13H,14H2,(H,26,29,31)/b20-12-. The van der Waals surface area contributed by atoms with Crippen molar-refractivity contribution in [1.82, 2.24) is 5.32 Å². The molecule has 0 saturated carbocycles. The van der Waals surface area contributed by atoms with E-state index in [9.17, 15) is 28.9 Å². The highest BCUT2D eigenvalue weighted by Crippen LogP contribution is 2.26. The quantitative estimate of drug-likeness (QED) is 0.257. The molecule has 4 amide bonds. The summed E-state index contributed by atoms with van der Waals surface area (Å²) in [5, 5.41) is 13.1. The molecule has 0 aliphatic carbocycles. The molecule has 4 rings (SSSR count). The first-order valence-electron chi connectivity index (χ1n) is 9.95. The normalized spacial score (nSPS) is 14.8. The van der Waals surface area contributed by atoms with Gasteiger partial charge in [-0.2, -0.15) is 0 Å². The van der Waals surface area contributed by atoms with Crippen molar-refractivity contribution in [2.75, 3.05) is 4.90 Å². The predicted octanol–water partition coefficient (Wildman–Crippen LogP) is 3.98. The minimum Gasteiger partial charge on any atom is -0.489 e. The number of hydrogen-bond acceptors (Lipinski definition) is 6. The van der Waals surface area contributed by atoms with E-state index in [2.05, 4.69) is 5.32 Å². The molecule has 3 aromatic rings. The maximum Gasteiger partial charge on any atom is 0.335 e. The summed E-state index contributed by atoms with van der Waals surface area (Å²) in [6, 6.07) is 16.5. The molecule has 1 heterocycles. The van der Waals surface area contributed by atoms with Gasteiger partial charge in [-0.25, -0.2) is 14.1 Å². The number of nitro groups is 1. The minimum atomic E-state index is -1.01. The molecule has 1 saturated heterocycles. The largest absolute Gasteiger partial charge is 0.489 e. The lowest BCUT2D eigenvalue weighted by atomic mass is 10.1. The van der Waals surface area contributed by atoms with Crippen LogP contribution in [0.15, 0.2) is 78.4 Å². The highest BCUT2D eigenvalue weighted by Gasteiger charge is 2.37. The molecule has 170 valence electrons. The van der Waals surface area contributed by atoms with Gasteiger partial charge in [0.15, 0.2) is 0 Å². The van der Waals surface area contributed by atoms with Gasteiger partial charge in [-0.05, 0) is 35.9 Å².